The van der Waals surface area contributed by atoms with E-state index >= 15 is 0 Å². The summed E-state index contributed by atoms with van der Waals surface area (Å²) in [5, 5.41) is 0. The van der Waals surface area contributed by atoms with Crippen LogP contribution in [0.15, 0.2) is 109 Å². The highest BCUT2D eigenvalue weighted by atomic mass is 31.2. The summed E-state index contributed by atoms with van der Waals surface area (Å²) in [7, 11) is 1.28. The van der Waals surface area contributed by atoms with E-state index in [4.69, 9.17) is 18.5 Å². The number of carbonyl (C=O) groups is 1. The number of quaternary nitrogens is 1. The average molecular weight is 842 g/mol. The van der Waals surface area contributed by atoms with E-state index in [1.54, 1.807) is 0 Å². The zero-order valence-electron chi connectivity index (χ0n) is 37.9. The second kappa shape index (κ2) is 41.9. The number of esters is 1. The van der Waals surface area contributed by atoms with E-state index in [2.05, 4.69) is 111 Å². The molecular formula is C50H84NO7P. The maximum absolute atomic E-state index is 12.7. The number of carbonyl (C=O) groups excluding carboxylic acids is 1. The monoisotopic (exact) mass is 842 g/mol. The highest BCUT2D eigenvalue weighted by molar-refractivity contribution is 7.45. The SMILES string of the molecule is CC/C=C\C/C=C\C/C=C\C/C=C\C/C=C\C/C=C\CCC(=O)OC(COCCCCCCCCCC/C=C\C/C=C\C/C=C\CC)COP(=O)([O-])OCC[N+](C)(C)C. The third kappa shape index (κ3) is 46.1. The van der Waals surface area contributed by atoms with Crippen LogP contribution in [0.4, 0.5) is 0 Å². The maximum Gasteiger partial charge on any atom is 0.306 e. The van der Waals surface area contributed by atoms with Crippen molar-refractivity contribution >= 4 is 13.8 Å². The van der Waals surface area contributed by atoms with Gasteiger partial charge in [-0.05, 0) is 83.5 Å². The Morgan fingerprint density at radius 3 is 1.39 bits per heavy atom. The summed E-state index contributed by atoms with van der Waals surface area (Å²) >= 11 is 0. The van der Waals surface area contributed by atoms with Crippen molar-refractivity contribution in [1.82, 2.24) is 0 Å². The molecule has 9 heteroatoms. The van der Waals surface area contributed by atoms with Gasteiger partial charge in [-0.3, -0.25) is 9.36 Å². The Labute approximate surface area is 361 Å². The highest BCUT2D eigenvalue weighted by Crippen LogP contribution is 2.38. The van der Waals surface area contributed by atoms with Crippen molar-refractivity contribution in [2.75, 3.05) is 54.1 Å². The molecule has 0 aliphatic carbocycles. The predicted octanol–water partition coefficient (Wildman–Crippen LogP) is 13.0. The summed E-state index contributed by atoms with van der Waals surface area (Å²) in [6.07, 6.45) is 58.3. The molecule has 0 N–H and O–H groups in total. The second-order valence-electron chi connectivity index (χ2n) is 15.6. The van der Waals surface area contributed by atoms with Crippen molar-refractivity contribution in [1.29, 1.82) is 0 Å². The van der Waals surface area contributed by atoms with Crippen LogP contribution in [-0.4, -0.2) is 70.7 Å². The lowest BCUT2D eigenvalue weighted by Gasteiger charge is -2.28. The lowest BCUT2D eigenvalue weighted by molar-refractivity contribution is -0.870. The molecule has 0 spiro atoms. The molecule has 0 saturated heterocycles. The summed E-state index contributed by atoms with van der Waals surface area (Å²) in [5.41, 5.74) is 0. The molecule has 0 aliphatic heterocycles. The molecule has 0 bridgehead atoms. The number of unbranched alkanes of at least 4 members (excludes halogenated alkanes) is 8. The van der Waals surface area contributed by atoms with E-state index in [1.165, 1.54) is 32.1 Å². The quantitative estimate of drug-likeness (QED) is 0.0199. The number of nitrogens with zero attached hydrogens (tertiary/aromatic N) is 1. The van der Waals surface area contributed by atoms with Crippen LogP contribution in [0.1, 0.15) is 142 Å². The molecule has 0 amide bonds. The fraction of sp³-hybridized carbons (Fsp3) is 0.620. The van der Waals surface area contributed by atoms with E-state index in [1.807, 2.05) is 33.3 Å². The predicted molar refractivity (Wildman–Crippen MR) is 249 cm³/mol. The molecule has 8 nitrogen and oxygen atoms in total. The van der Waals surface area contributed by atoms with Crippen molar-refractivity contribution in [2.45, 2.75) is 148 Å². The molecule has 0 saturated carbocycles. The number of hydrogen-bond donors (Lipinski definition) is 0. The van der Waals surface area contributed by atoms with Gasteiger partial charge in [0.1, 0.15) is 19.3 Å². The van der Waals surface area contributed by atoms with Gasteiger partial charge in [-0.1, -0.05) is 162 Å². The zero-order valence-corrected chi connectivity index (χ0v) is 38.8. The van der Waals surface area contributed by atoms with Gasteiger partial charge in [0.05, 0.1) is 34.4 Å². The second-order valence-corrected chi connectivity index (χ2v) is 17.1. The number of hydrogen-bond acceptors (Lipinski definition) is 7. The van der Waals surface area contributed by atoms with E-state index in [-0.39, 0.29) is 26.2 Å². The van der Waals surface area contributed by atoms with Crippen LogP contribution in [0.2, 0.25) is 0 Å². The lowest BCUT2D eigenvalue weighted by atomic mass is 10.1. The van der Waals surface area contributed by atoms with Gasteiger partial charge in [0.25, 0.3) is 7.82 Å². The van der Waals surface area contributed by atoms with Crippen molar-refractivity contribution < 1.29 is 37.3 Å². The normalized spacial score (nSPS) is 14.7. The number of ether oxygens (including phenoxy) is 2. The summed E-state index contributed by atoms with van der Waals surface area (Å²) in [4.78, 5) is 25.1. The number of phosphoric acid groups is 1. The van der Waals surface area contributed by atoms with Gasteiger partial charge in [0.2, 0.25) is 0 Å². The van der Waals surface area contributed by atoms with Crippen LogP contribution >= 0.6 is 7.82 Å². The Balaban J connectivity index is 4.39. The summed E-state index contributed by atoms with van der Waals surface area (Å²) in [6.45, 7) is 5.03. The number of allylic oxidation sites excluding steroid dienone is 18. The molecule has 0 heterocycles. The maximum atomic E-state index is 12.7. The van der Waals surface area contributed by atoms with Gasteiger partial charge >= 0.3 is 5.97 Å². The Bertz CT molecular complexity index is 1300. The first-order valence-corrected chi connectivity index (χ1v) is 24.1. The molecule has 336 valence electrons. The molecule has 2 unspecified atom stereocenters. The van der Waals surface area contributed by atoms with E-state index < -0.39 is 19.9 Å². The van der Waals surface area contributed by atoms with E-state index in [0.29, 0.717) is 24.1 Å². The highest BCUT2D eigenvalue weighted by Gasteiger charge is 2.20. The minimum absolute atomic E-state index is 0.00431. The van der Waals surface area contributed by atoms with Crippen LogP contribution in [0.5, 0.6) is 0 Å². The summed E-state index contributed by atoms with van der Waals surface area (Å²) in [5.74, 6) is -0.424. The van der Waals surface area contributed by atoms with Gasteiger partial charge in [0, 0.05) is 13.0 Å². The number of likely N-dealkylation sites (N-methyl/N-ethyl adjacent to an activating group) is 1. The minimum atomic E-state index is -4.56. The van der Waals surface area contributed by atoms with E-state index in [9.17, 15) is 14.3 Å². The molecule has 0 aromatic rings. The van der Waals surface area contributed by atoms with Gasteiger partial charge < -0.3 is 27.9 Å². The first-order chi connectivity index (χ1) is 28.6. The van der Waals surface area contributed by atoms with Crippen molar-refractivity contribution in [3.8, 4) is 0 Å². The zero-order chi connectivity index (χ0) is 43.4. The Morgan fingerprint density at radius 2 is 0.932 bits per heavy atom. The largest absolute Gasteiger partial charge is 0.756 e. The summed E-state index contributed by atoms with van der Waals surface area (Å²) < 4.78 is 34.5. The van der Waals surface area contributed by atoms with Crippen LogP contribution in [0.25, 0.3) is 0 Å². The molecular weight excluding hydrogens is 758 g/mol. The number of rotatable bonds is 40. The fourth-order valence-corrected chi connectivity index (χ4v) is 6.14. The third-order valence-electron chi connectivity index (χ3n) is 8.83. The third-order valence-corrected chi connectivity index (χ3v) is 9.80. The first kappa shape index (κ1) is 56.2. The van der Waals surface area contributed by atoms with Gasteiger partial charge in [-0.2, -0.15) is 0 Å². The molecule has 0 radical (unpaired) electrons. The van der Waals surface area contributed by atoms with Crippen molar-refractivity contribution in [2.24, 2.45) is 0 Å². The van der Waals surface area contributed by atoms with Gasteiger partial charge in [-0.15, -0.1) is 0 Å². The topological polar surface area (TPSA) is 94.1 Å². The van der Waals surface area contributed by atoms with Crippen LogP contribution in [0, 0.1) is 0 Å². The molecule has 0 aliphatic rings. The lowest BCUT2D eigenvalue weighted by Crippen LogP contribution is -2.37. The van der Waals surface area contributed by atoms with Gasteiger partial charge in [-0.25, -0.2) is 0 Å². The molecule has 0 aromatic carbocycles. The van der Waals surface area contributed by atoms with Crippen LogP contribution in [-0.2, 0) is 27.9 Å². The van der Waals surface area contributed by atoms with Crippen LogP contribution < -0.4 is 4.89 Å². The standard InChI is InChI=1S/C50H84NO7P/c1-6-8-10-12-14-16-18-20-22-24-26-27-29-31-33-35-37-39-41-43-50(52)58-49(48-57-59(53,54)56-46-44-51(3,4)5)47-55-45-42-40-38-36-34-32-30-28-25-23-21-19-17-15-13-11-9-7-2/h8-11,14-17,20-23,26-27,31,33,37,39,49H,6-7,12-13,18-19,24-25,28-30,32,34-36,38,40-48H2,1-5H3/b10-8-,11-9-,16-14-,17-15-,22-20-,23-21-,27-26-,33-31-,39-37-. The smallest absolute Gasteiger partial charge is 0.306 e. The molecule has 2 atom stereocenters. The first-order valence-electron chi connectivity index (χ1n) is 22.6. The van der Waals surface area contributed by atoms with E-state index in [0.717, 1.165) is 83.5 Å². The Morgan fingerprint density at radius 1 is 0.525 bits per heavy atom. The molecule has 59 heavy (non-hydrogen) atoms. The Hall–Kier alpha value is -2.84. The molecule has 0 aromatic heterocycles. The minimum Gasteiger partial charge on any atom is -0.756 e. The molecule has 0 fully saturated rings. The van der Waals surface area contributed by atoms with Gasteiger partial charge in [0.15, 0.2) is 0 Å². The van der Waals surface area contributed by atoms with Crippen molar-refractivity contribution in [3.63, 3.8) is 0 Å². The van der Waals surface area contributed by atoms with Crippen molar-refractivity contribution in [3.05, 3.63) is 109 Å². The van der Waals surface area contributed by atoms with Crippen LogP contribution in [0.3, 0.4) is 0 Å². The number of phosphoric ester groups is 1. The summed E-state index contributed by atoms with van der Waals surface area (Å²) in [6, 6.07) is 0. The average Bonchev–Trinajstić information content (AvgIpc) is 3.19. The Kier molecular flexibility index (Phi) is 39.9. The molecule has 0 rings (SSSR count). The fourth-order valence-electron chi connectivity index (χ4n) is 5.41.